The molecule has 0 N–H and O–H groups in total. The van der Waals surface area contributed by atoms with Gasteiger partial charge in [0.2, 0.25) is 5.88 Å². The predicted molar refractivity (Wildman–Crippen MR) is 75.7 cm³/mol. The molecule has 0 amide bonds. The number of pyridine rings is 1. The van der Waals surface area contributed by atoms with E-state index in [1.54, 1.807) is 26.5 Å². The second kappa shape index (κ2) is 7.17. The molecule has 102 valence electrons. The number of rotatable bonds is 4. The van der Waals surface area contributed by atoms with Crippen molar-refractivity contribution in [2.45, 2.75) is 0 Å². The van der Waals surface area contributed by atoms with Crippen LogP contribution in [0.25, 0.3) is 0 Å². The summed E-state index contributed by atoms with van der Waals surface area (Å²) in [4.78, 5) is 4.10. The first-order valence-electron chi connectivity index (χ1n) is 6.06. The van der Waals surface area contributed by atoms with Crippen molar-refractivity contribution >= 4 is 0 Å². The van der Waals surface area contributed by atoms with Gasteiger partial charge in [-0.05, 0) is 12.1 Å². The highest BCUT2D eigenvalue weighted by molar-refractivity contribution is 5.50. The van der Waals surface area contributed by atoms with Crippen molar-refractivity contribution < 1.29 is 14.2 Å². The van der Waals surface area contributed by atoms with E-state index in [0.29, 0.717) is 17.2 Å². The van der Waals surface area contributed by atoms with Crippen molar-refractivity contribution in [1.29, 1.82) is 0 Å². The Hall–Kier alpha value is -2.51. The van der Waals surface area contributed by atoms with Crippen molar-refractivity contribution in [3.8, 4) is 23.5 Å². The van der Waals surface area contributed by atoms with Gasteiger partial charge in [-0.15, -0.1) is 0 Å². The maximum absolute atomic E-state index is 5.43. The van der Waals surface area contributed by atoms with Gasteiger partial charge < -0.3 is 14.2 Å². The summed E-state index contributed by atoms with van der Waals surface area (Å²) in [5.74, 6) is 7.20. The number of nitrogens with zero attached hydrogens (tertiary/aromatic N) is 1. The van der Waals surface area contributed by atoms with E-state index in [9.17, 15) is 0 Å². The third-order valence-corrected chi connectivity index (χ3v) is 2.50. The summed E-state index contributed by atoms with van der Waals surface area (Å²) >= 11 is 0. The maximum Gasteiger partial charge on any atom is 0.214 e. The zero-order valence-electron chi connectivity index (χ0n) is 11.4. The van der Waals surface area contributed by atoms with Crippen LogP contribution in [0.15, 0.2) is 42.6 Å². The molecule has 2 rings (SSSR count). The summed E-state index contributed by atoms with van der Waals surface area (Å²) < 4.78 is 15.4. The first kappa shape index (κ1) is 13.9. The van der Waals surface area contributed by atoms with E-state index in [1.165, 1.54) is 0 Å². The molecular weight excluding hydrogens is 254 g/mol. The van der Waals surface area contributed by atoms with Crippen LogP contribution in [0, 0.1) is 11.8 Å². The van der Waals surface area contributed by atoms with Crippen molar-refractivity contribution in [3.63, 3.8) is 0 Å². The summed E-state index contributed by atoms with van der Waals surface area (Å²) in [6.07, 6.45) is 1.58. The van der Waals surface area contributed by atoms with Crippen molar-refractivity contribution in [2.24, 2.45) is 0 Å². The molecule has 0 saturated heterocycles. The zero-order chi connectivity index (χ0) is 14.2. The summed E-state index contributed by atoms with van der Waals surface area (Å²) in [6, 6.07) is 11.5. The van der Waals surface area contributed by atoms with Gasteiger partial charge in [0, 0.05) is 18.7 Å². The quantitative estimate of drug-likeness (QED) is 0.631. The lowest BCUT2D eigenvalue weighted by Gasteiger charge is -2.07. The zero-order valence-corrected chi connectivity index (χ0v) is 11.4. The molecule has 20 heavy (non-hydrogen) atoms. The number of ether oxygens (including phenoxy) is 3. The van der Waals surface area contributed by atoms with E-state index in [1.807, 2.05) is 30.3 Å². The van der Waals surface area contributed by atoms with Crippen LogP contribution in [0.4, 0.5) is 0 Å². The monoisotopic (exact) mass is 269 g/mol. The van der Waals surface area contributed by atoms with E-state index in [4.69, 9.17) is 14.2 Å². The van der Waals surface area contributed by atoms with Gasteiger partial charge in [-0.3, -0.25) is 0 Å². The molecule has 4 heteroatoms. The highest BCUT2D eigenvalue weighted by Gasteiger charge is 2.04. The Morgan fingerprint density at radius 3 is 2.60 bits per heavy atom. The standard InChI is InChI=1S/C16H15NO3/c1-18-12-20-15-11-17-16(19-2)10-14(15)9-8-13-6-4-3-5-7-13/h3-7,10-11H,12H2,1-2H3. The lowest BCUT2D eigenvalue weighted by Crippen LogP contribution is -2.01. The Labute approximate surface area is 118 Å². The molecular formula is C16H15NO3. The van der Waals surface area contributed by atoms with E-state index >= 15 is 0 Å². The second-order valence-electron chi connectivity index (χ2n) is 3.89. The maximum atomic E-state index is 5.43. The Kier molecular flexibility index (Phi) is 4.99. The summed E-state index contributed by atoms with van der Waals surface area (Å²) in [5.41, 5.74) is 1.64. The van der Waals surface area contributed by atoms with E-state index in [-0.39, 0.29) is 6.79 Å². The van der Waals surface area contributed by atoms with Crippen LogP contribution in [0.3, 0.4) is 0 Å². The lowest BCUT2D eigenvalue weighted by molar-refractivity contribution is 0.0506. The molecule has 0 atom stereocenters. The average molecular weight is 269 g/mol. The number of benzene rings is 1. The summed E-state index contributed by atoms with van der Waals surface area (Å²) in [7, 11) is 3.12. The smallest absolute Gasteiger partial charge is 0.214 e. The molecule has 0 radical (unpaired) electrons. The average Bonchev–Trinajstić information content (AvgIpc) is 2.52. The molecule has 2 aromatic rings. The second-order valence-corrected chi connectivity index (χ2v) is 3.89. The molecule has 1 aromatic heterocycles. The van der Waals surface area contributed by atoms with Crippen LogP contribution in [-0.4, -0.2) is 26.0 Å². The number of hydrogen-bond donors (Lipinski definition) is 0. The molecule has 0 unspecified atom stereocenters. The third kappa shape index (κ3) is 3.74. The van der Waals surface area contributed by atoms with Gasteiger partial charge in [0.05, 0.1) is 18.9 Å². The SMILES string of the molecule is COCOc1cnc(OC)cc1C#Cc1ccccc1. The highest BCUT2D eigenvalue weighted by atomic mass is 16.7. The number of methoxy groups -OCH3 is 2. The van der Waals surface area contributed by atoms with Gasteiger partial charge in [-0.25, -0.2) is 4.98 Å². The summed E-state index contributed by atoms with van der Waals surface area (Å²) in [5, 5.41) is 0. The van der Waals surface area contributed by atoms with Crippen molar-refractivity contribution in [1.82, 2.24) is 4.98 Å². The summed E-state index contributed by atoms with van der Waals surface area (Å²) in [6.45, 7) is 0.147. The van der Waals surface area contributed by atoms with Gasteiger partial charge in [0.1, 0.15) is 0 Å². The Bertz CT molecular complexity index is 615. The number of hydrogen-bond acceptors (Lipinski definition) is 4. The van der Waals surface area contributed by atoms with Crippen molar-refractivity contribution in [3.05, 3.63) is 53.7 Å². The predicted octanol–water partition coefficient (Wildman–Crippen LogP) is 2.47. The Morgan fingerprint density at radius 2 is 1.90 bits per heavy atom. The molecule has 0 bridgehead atoms. The molecule has 4 nitrogen and oxygen atoms in total. The largest absolute Gasteiger partial charge is 0.481 e. The minimum Gasteiger partial charge on any atom is -0.481 e. The van der Waals surface area contributed by atoms with Gasteiger partial charge in [-0.2, -0.15) is 0 Å². The van der Waals surface area contributed by atoms with E-state index in [2.05, 4.69) is 16.8 Å². The molecule has 0 fully saturated rings. The van der Waals surface area contributed by atoms with Gasteiger partial charge in [0.15, 0.2) is 12.5 Å². The van der Waals surface area contributed by atoms with E-state index < -0.39 is 0 Å². The fourth-order valence-corrected chi connectivity index (χ4v) is 1.53. The van der Waals surface area contributed by atoms with Crippen LogP contribution in [0.5, 0.6) is 11.6 Å². The molecule has 0 aliphatic carbocycles. The minimum atomic E-state index is 0.147. The molecule has 0 aliphatic heterocycles. The first-order chi connectivity index (χ1) is 9.83. The van der Waals surface area contributed by atoms with Crippen LogP contribution >= 0.6 is 0 Å². The fraction of sp³-hybridized carbons (Fsp3) is 0.188. The molecule has 0 aliphatic rings. The molecule has 1 heterocycles. The van der Waals surface area contributed by atoms with Gasteiger partial charge in [0.25, 0.3) is 0 Å². The fourth-order valence-electron chi connectivity index (χ4n) is 1.53. The third-order valence-electron chi connectivity index (χ3n) is 2.50. The first-order valence-corrected chi connectivity index (χ1v) is 6.06. The number of aromatic nitrogens is 1. The lowest BCUT2D eigenvalue weighted by atomic mass is 10.2. The molecule has 1 aromatic carbocycles. The highest BCUT2D eigenvalue weighted by Crippen LogP contribution is 2.20. The van der Waals surface area contributed by atoms with Crippen LogP contribution < -0.4 is 9.47 Å². The Morgan fingerprint density at radius 1 is 1.10 bits per heavy atom. The van der Waals surface area contributed by atoms with Crippen LogP contribution in [-0.2, 0) is 4.74 Å². The normalized spacial score (nSPS) is 9.50. The minimum absolute atomic E-state index is 0.147. The van der Waals surface area contributed by atoms with E-state index in [0.717, 1.165) is 5.56 Å². The van der Waals surface area contributed by atoms with Gasteiger partial charge >= 0.3 is 0 Å². The van der Waals surface area contributed by atoms with Gasteiger partial charge in [-0.1, -0.05) is 30.0 Å². The topological polar surface area (TPSA) is 40.6 Å². The van der Waals surface area contributed by atoms with Crippen LogP contribution in [0.1, 0.15) is 11.1 Å². The Balaban J connectivity index is 2.30. The molecule has 0 spiro atoms. The van der Waals surface area contributed by atoms with Crippen LogP contribution in [0.2, 0.25) is 0 Å². The molecule has 0 saturated carbocycles. The van der Waals surface area contributed by atoms with Crippen molar-refractivity contribution in [2.75, 3.05) is 21.0 Å².